The Labute approximate surface area is 164 Å². The molecule has 0 atom stereocenters. The van der Waals surface area contributed by atoms with Crippen LogP contribution in [0, 0.1) is 0 Å². The second-order valence-corrected chi connectivity index (χ2v) is 6.36. The number of furan rings is 1. The van der Waals surface area contributed by atoms with Gasteiger partial charge in [-0.25, -0.2) is 0 Å². The Balaban J connectivity index is 1.74. The summed E-state index contributed by atoms with van der Waals surface area (Å²) in [6.07, 6.45) is 5.23. The van der Waals surface area contributed by atoms with E-state index >= 15 is 0 Å². The smallest absolute Gasteiger partial charge is 0.289 e. The van der Waals surface area contributed by atoms with Crippen LogP contribution in [0.15, 0.2) is 41.0 Å². The van der Waals surface area contributed by atoms with Gasteiger partial charge < -0.3 is 23.7 Å². The molecule has 2 aromatic rings. The van der Waals surface area contributed by atoms with Crippen LogP contribution in [-0.2, 0) is 0 Å². The van der Waals surface area contributed by atoms with Gasteiger partial charge in [0, 0.05) is 37.3 Å². The lowest BCUT2D eigenvalue weighted by Gasteiger charge is -2.34. The van der Waals surface area contributed by atoms with Crippen LogP contribution in [0.5, 0.6) is 11.5 Å². The standard InChI is InChI=1S/C21H24N2O5/c1-4-6-15-13-16(14-18(26-2)19(15)27-3)20(24)22-8-10-23(11-9-22)21(25)17-7-5-12-28-17/h4-7,12-14H,8-11H2,1-3H3/b6-4+. The van der Waals surface area contributed by atoms with Gasteiger partial charge in [0.25, 0.3) is 11.8 Å². The zero-order valence-electron chi connectivity index (χ0n) is 16.3. The highest BCUT2D eigenvalue weighted by molar-refractivity contribution is 5.96. The monoisotopic (exact) mass is 384 g/mol. The van der Waals surface area contributed by atoms with E-state index in [4.69, 9.17) is 13.9 Å². The summed E-state index contributed by atoms with van der Waals surface area (Å²) in [7, 11) is 3.12. The van der Waals surface area contributed by atoms with Gasteiger partial charge in [-0.3, -0.25) is 9.59 Å². The first-order chi connectivity index (χ1) is 13.6. The summed E-state index contributed by atoms with van der Waals surface area (Å²) in [5, 5.41) is 0. The third-order valence-electron chi connectivity index (χ3n) is 4.69. The van der Waals surface area contributed by atoms with E-state index in [-0.39, 0.29) is 11.8 Å². The van der Waals surface area contributed by atoms with Crippen LogP contribution in [0.1, 0.15) is 33.4 Å². The molecule has 0 unspecified atom stereocenters. The number of ether oxygens (including phenoxy) is 2. The van der Waals surface area contributed by atoms with Crippen LogP contribution in [0.2, 0.25) is 0 Å². The highest BCUT2D eigenvalue weighted by Crippen LogP contribution is 2.34. The minimum Gasteiger partial charge on any atom is -0.493 e. The molecule has 0 N–H and O–H groups in total. The van der Waals surface area contributed by atoms with Gasteiger partial charge in [-0.2, -0.15) is 0 Å². The molecule has 7 nitrogen and oxygen atoms in total. The number of hydrogen-bond acceptors (Lipinski definition) is 5. The van der Waals surface area contributed by atoms with Gasteiger partial charge in [0.1, 0.15) is 0 Å². The Morgan fingerprint density at radius 3 is 2.25 bits per heavy atom. The molecule has 2 amide bonds. The Kier molecular flexibility index (Phi) is 6.03. The molecule has 1 aliphatic rings. The first-order valence-corrected chi connectivity index (χ1v) is 9.09. The Morgan fingerprint density at radius 1 is 1.04 bits per heavy atom. The minimum atomic E-state index is -0.154. The fourth-order valence-corrected chi connectivity index (χ4v) is 3.27. The van der Waals surface area contributed by atoms with Crippen molar-refractivity contribution in [2.24, 2.45) is 0 Å². The molecular weight excluding hydrogens is 360 g/mol. The lowest BCUT2D eigenvalue weighted by molar-refractivity contribution is 0.0518. The number of hydrogen-bond donors (Lipinski definition) is 0. The van der Waals surface area contributed by atoms with E-state index in [0.717, 1.165) is 5.56 Å². The van der Waals surface area contributed by atoms with Gasteiger partial charge in [0.05, 0.1) is 20.5 Å². The molecule has 3 rings (SSSR count). The van der Waals surface area contributed by atoms with Crippen molar-refractivity contribution in [1.82, 2.24) is 9.80 Å². The number of carbonyl (C=O) groups is 2. The van der Waals surface area contributed by atoms with E-state index in [2.05, 4.69) is 0 Å². The van der Waals surface area contributed by atoms with Crippen LogP contribution in [0.4, 0.5) is 0 Å². The molecule has 1 aromatic carbocycles. The second kappa shape index (κ2) is 8.65. The summed E-state index contributed by atoms with van der Waals surface area (Å²) in [6, 6.07) is 6.82. The summed E-state index contributed by atoms with van der Waals surface area (Å²) >= 11 is 0. The van der Waals surface area contributed by atoms with E-state index < -0.39 is 0 Å². The average molecular weight is 384 g/mol. The normalized spacial score (nSPS) is 14.4. The number of nitrogens with zero attached hydrogens (tertiary/aromatic N) is 2. The summed E-state index contributed by atoms with van der Waals surface area (Å²) in [5.74, 6) is 1.16. The fraction of sp³-hybridized carbons (Fsp3) is 0.333. The first kappa shape index (κ1) is 19.5. The van der Waals surface area contributed by atoms with Crippen molar-refractivity contribution in [1.29, 1.82) is 0 Å². The molecule has 0 spiro atoms. The van der Waals surface area contributed by atoms with Gasteiger partial charge in [-0.15, -0.1) is 0 Å². The van der Waals surface area contributed by atoms with E-state index in [0.29, 0.717) is 49.0 Å². The number of piperazine rings is 1. The van der Waals surface area contributed by atoms with Gasteiger partial charge >= 0.3 is 0 Å². The summed E-state index contributed by atoms with van der Waals surface area (Å²) in [4.78, 5) is 28.8. The first-order valence-electron chi connectivity index (χ1n) is 9.09. The molecule has 0 aliphatic carbocycles. The Hall–Kier alpha value is -3.22. The zero-order valence-corrected chi connectivity index (χ0v) is 16.3. The molecule has 1 fully saturated rings. The highest BCUT2D eigenvalue weighted by atomic mass is 16.5. The quantitative estimate of drug-likeness (QED) is 0.793. The molecule has 1 aromatic heterocycles. The fourth-order valence-electron chi connectivity index (χ4n) is 3.27. The van der Waals surface area contributed by atoms with Crippen LogP contribution in [0.3, 0.4) is 0 Å². The molecular formula is C21H24N2O5. The molecule has 148 valence electrons. The van der Waals surface area contributed by atoms with Gasteiger partial charge in [0.15, 0.2) is 17.3 Å². The Morgan fingerprint density at radius 2 is 1.71 bits per heavy atom. The molecule has 1 aliphatic heterocycles. The molecule has 0 bridgehead atoms. The van der Waals surface area contributed by atoms with E-state index in [1.807, 2.05) is 19.1 Å². The number of methoxy groups -OCH3 is 2. The molecule has 2 heterocycles. The maximum atomic E-state index is 13.0. The molecule has 28 heavy (non-hydrogen) atoms. The third-order valence-corrected chi connectivity index (χ3v) is 4.69. The minimum absolute atomic E-state index is 0.100. The number of amides is 2. The van der Waals surface area contributed by atoms with Crippen molar-refractivity contribution in [2.45, 2.75) is 6.92 Å². The number of benzene rings is 1. The van der Waals surface area contributed by atoms with E-state index in [9.17, 15) is 9.59 Å². The lowest BCUT2D eigenvalue weighted by atomic mass is 10.1. The molecule has 1 saturated heterocycles. The zero-order chi connectivity index (χ0) is 20.1. The predicted molar refractivity (Wildman–Crippen MR) is 105 cm³/mol. The second-order valence-electron chi connectivity index (χ2n) is 6.36. The van der Waals surface area contributed by atoms with Crippen molar-refractivity contribution >= 4 is 17.9 Å². The number of carbonyl (C=O) groups excluding carboxylic acids is 2. The van der Waals surface area contributed by atoms with E-state index in [1.54, 1.807) is 48.3 Å². The lowest BCUT2D eigenvalue weighted by Crippen LogP contribution is -2.50. The Bertz CT molecular complexity index is 865. The van der Waals surface area contributed by atoms with Crippen molar-refractivity contribution in [3.8, 4) is 11.5 Å². The largest absolute Gasteiger partial charge is 0.493 e. The predicted octanol–water partition coefficient (Wildman–Crippen LogP) is 2.93. The average Bonchev–Trinajstić information content (AvgIpc) is 3.27. The van der Waals surface area contributed by atoms with Crippen molar-refractivity contribution in [3.63, 3.8) is 0 Å². The van der Waals surface area contributed by atoms with E-state index in [1.165, 1.54) is 6.26 Å². The van der Waals surface area contributed by atoms with Crippen molar-refractivity contribution < 1.29 is 23.5 Å². The van der Waals surface area contributed by atoms with Crippen LogP contribution >= 0.6 is 0 Å². The number of allylic oxidation sites excluding steroid dienone is 1. The van der Waals surface area contributed by atoms with Crippen LogP contribution < -0.4 is 9.47 Å². The van der Waals surface area contributed by atoms with Gasteiger partial charge in [0.2, 0.25) is 0 Å². The SMILES string of the molecule is C/C=C/c1cc(C(=O)N2CCN(C(=O)c3ccco3)CC2)cc(OC)c1OC. The maximum Gasteiger partial charge on any atom is 0.289 e. The topological polar surface area (TPSA) is 72.2 Å². The van der Waals surface area contributed by atoms with Crippen LogP contribution in [-0.4, -0.2) is 62.0 Å². The molecule has 7 heteroatoms. The highest BCUT2D eigenvalue weighted by Gasteiger charge is 2.27. The number of rotatable bonds is 5. The van der Waals surface area contributed by atoms with Crippen molar-refractivity contribution in [2.75, 3.05) is 40.4 Å². The van der Waals surface area contributed by atoms with Crippen molar-refractivity contribution in [3.05, 3.63) is 53.5 Å². The third kappa shape index (κ3) is 3.88. The maximum absolute atomic E-state index is 13.0. The summed E-state index contributed by atoms with van der Waals surface area (Å²) in [5.41, 5.74) is 1.30. The van der Waals surface area contributed by atoms with Gasteiger partial charge in [-0.05, 0) is 31.2 Å². The summed E-state index contributed by atoms with van der Waals surface area (Å²) in [6.45, 7) is 3.73. The molecule has 0 saturated carbocycles. The summed E-state index contributed by atoms with van der Waals surface area (Å²) < 4.78 is 16.0. The van der Waals surface area contributed by atoms with Gasteiger partial charge in [-0.1, -0.05) is 12.2 Å². The molecule has 0 radical (unpaired) electrons. The van der Waals surface area contributed by atoms with Crippen LogP contribution in [0.25, 0.3) is 6.08 Å².